The number of rotatable bonds is 7. The molecule has 0 saturated carbocycles. The van der Waals surface area contributed by atoms with Crippen LogP contribution >= 0.6 is 23.2 Å². The van der Waals surface area contributed by atoms with Crippen LogP contribution < -0.4 is 5.32 Å². The van der Waals surface area contributed by atoms with Crippen LogP contribution in [0.15, 0.2) is 24.9 Å². The zero-order valence-corrected chi connectivity index (χ0v) is 11.6. The number of nitrogens with zero attached hydrogens (tertiary/aromatic N) is 1. The Kier molecular flexibility index (Phi) is 6.56. The second-order valence-electron chi connectivity index (χ2n) is 3.85. The minimum Gasteiger partial charge on any atom is -0.309 e. The molecule has 0 aromatic carbocycles. The molecule has 0 aliphatic carbocycles. The predicted octanol–water partition coefficient (Wildman–Crippen LogP) is 4.40. The van der Waals surface area contributed by atoms with E-state index in [0.717, 1.165) is 31.5 Å². The van der Waals surface area contributed by atoms with Gasteiger partial charge in [-0.05, 0) is 31.9 Å². The first-order valence-corrected chi connectivity index (χ1v) is 6.59. The highest BCUT2D eigenvalue weighted by Crippen LogP contribution is 2.26. The van der Waals surface area contributed by atoms with Crippen LogP contribution in [-0.2, 0) is 0 Å². The number of pyridine rings is 1. The van der Waals surface area contributed by atoms with Crippen LogP contribution in [0.3, 0.4) is 0 Å². The minimum atomic E-state index is 0.185. The molecule has 0 spiro atoms. The number of aromatic nitrogens is 1. The third-order valence-electron chi connectivity index (χ3n) is 2.52. The van der Waals surface area contributed by atoms with E-state index in [0.29, 0.717) is 10.0 Å². The molecular formula is C13H18Cl2N2. The van der Waals surface area contributed by atoms with Gasteiger partial charge in [-0.2, -0.15) is 0 Å². The monoisotopic (exact) mass is 272 g/mol. The zero-order chi connectivity index (χ0) is 12.7. The highest BCUT2D eigenvalue weighted by Gasteiger charge is 2.15. The lowest BCUT2D eigenvalue weighted by molar-refractivity contribution is 0.490. The molecule has 0 saturated heterocycles. The summed E-state index contributed by atoms with van der Waals surface area (Å²) in [7, 11) is 0. The Hall–Kier alpha value is -0.570. The van der Waals surface area contributed by atoms with Crippen molar-refractivity contribution >= 4 is 23.2 Å². The average Bonchev–Trinajstić information content (AvgIpc) is 2.28. The molecule has 0 aliphatic heterocycles. The molecule has 94 valence electrons. The Morgan fingerprint density at radius 2 is 2.29 bits per heavy atom. The van der Waals surface area contributed by atoms with E-state index in [4.69, 9.17) is 23.2 Å². The molecule has 1 aromatic heterocycles. The van der Waals surface area contributed by atoms with Crippen LogP contribution in [0, 0.1) is 0 Å². The van der Waals surface area contributed by atoms with Crippen LogP contribution in [0.5, 0.6) is 0 Å². The van der Waals surface area contributed by atoms with E-state index in [-0.39, 0.29) is 6.04 Å². The Bertz CT molecular complexity index is 366. The molecule has 1 aromatic rings. The summed E-state index contributed by atoms with van der Waals surface area (Å²) in [6.07, 6.45) is 6.64. The normalized spacial score (nSPS) is 12.4. The van der Waals surface area contributed by atoms with Gasteiger partial charge in [0.15, 0.2) is 0 Å². The van der Waals surface area contributed by atoms with E-state index in [2.05, 4.69) is 23.8 Å². The number of allylic oxidation sites excluding steroid dienone is 1. The molecule has 0 aliphatic rings. The van der Waals surface area contributed by atoms with Crippen molar-refractivity contribution in [2.45, 2.75) is 32.2 Å². The first-order valence-electron chi connectivity index (χ1n) is 5.84. The Morgan fingerprint density at radius 1 is 1.53 bits per heavy atom. The number of unbranched alkanes of at least 4 members (excludes halogenated alkanes) is 1. The molecule has 0 radical (unpaired) electrons. The van der Waals surface area contributed by atoms with Crippen LogP contribution in [0.1, 0.15) is 37.9 Å². The maximum atomic E-state index is 6.17. The Labute approximate surface area is 113 Å². The first-order chi connectivity index (χ1) is 8.19. The standard InChI is InChI=1S/C13H18Cl2N2/c1-3-5-6-7-12(16-4-2)13-11(15)8-10(14)9-17-13/h3,8-9,12,16H,1,4-7H2,2H3. The van der Waals surface area contributed by atoms with Crippen molar-refractivity contribution in [1.82, 2.24) is 10.3 Å². The third kappa shape index (κ3) is 4.66. The smallest absolute Gasteiger partial charge is 0.0760 e. The summed E-state index contributed by atoms with van der Waals surface area (Å²) in [6.45, 7) is 6.69. The Morgan fingerprint density at radius 3 is 2.88 bits per heavy atom. The number of nitrogens with one attached hydrogen (secondary N) is 1. The van der Waals surface area contributed by atoms with Gasteiger partial charge in [-0.15, -0.1) is 6.58 Å². The quantitative estimate of drug-likeness (QED) is 0.588. The van der Waals surface area contributed by atoms with E-state index in [1.807, 2.05) is 6.08 Å². The van der Waals surface area contributed by atoms with Crippen LogP contribution in [-0.4, -0.2) is 11.5 Å². The molecule has 0 fully saturated rings. The highest BCUT2D eigenvalue weighted by molar-refractivity contribution is 6.34. The van der Waals surface area contributed by atoms with Gasteiger partial charge >= 0.3 is 0 Å². The largest absolute Gasteiger partial charge is 0.309 e. The second-order valence-corrected chi connectivity index (χ2v) is 4.69. The number of hydrogen-bond donors (Lipinski definition) is 1. The van der Waals surface area contributed by atoms with Crippen molar-refractivity contribution < 1.29 is 0 Å². The van der Waals surface area contributed by atoms with Gasteiger partial charge in [0.25, 0.3) is 0 Å². The van der Waals surface area contributed by atoms with Gasteiger partial charge in [0.1, 0.15) is 0 Å². The van der Waals surface area contributed by atoms with Crippen molar-refractivity contribution in [1.29, 1.82) is 0 Å². The van der Waals surface area contributed by atoms with E-state index in [1.165, 1.54) is 0 Å². The molecule has 1 atom stereocenters. The molecule has 1 N–H and O–H groups in total. The summed E-state index contributed by atoms with van der Waals surface area (Å²) in [4.78, 5) is 4.32. The van der Waals surface area contributed by atoms with Crippen molar-refractivity contribution in [3.05, 3.63) is 40.7 Å². The van der Waals surface area contributed by atoms with Gasteiger partial charge in [0.2, 0.25) is 0 Å². The molecule has 1 unspecified atom stereocenters. The first kappa shape index (κ1) is 14.5. The lowest BCUT2D eigenvalue weighted by atomic mass is 10.1. The predicted molar refractivity (Wildman–Crippen MR) is 74.7 cm³/mol. The van der Waals surface area contributed by atoms with Crippen molar-refractivity contribution in [3.63, 3.8) is 0 Å². The molecule has 1 rings (SSSR count). The van der Waals surface area contributed by atoms with E-state index < -0.39 is 0 Å². The summed E-state index contributed by atoms with van der Waals surface area (Å²) >= 11 is 12.0. The molecule has 1 heterocycles. The maximum absolute atomic E-state index is 6.17. The average molecular weight is 273 g/mol. The maximum Gasteiger partial charge on any atom is 0.0760 e. The van der Waals surface area contributed by atoms with Gasteiger partial charge in [0.05, 0.1) is 21.8 Å². The topological polar surface area (TPSA) is 24.9 Å². The minimum absolute atomic E-state index is 0.185. The van der Waals surface area contributed by atoms with Gasteiger partial charge in [-0.1, -0.05) is 36.2 Å². The third-order valence-corrected chi connectivity index (χ3v) is 3.03. The van der Waals surface area contributed by atoms with Crippen LogP contribution in [0.2, 0.25) is 10.0 Å². The fourth-order valence-corrected chi connectivity index (χ4v) is 2.24. The fourth-order valence-electron chi connectivity index (χ4n) is 1.73. The summed E-state index contributed by atoms with van der Waals surface area (Å²) < 4.78 is 0. The molecule has 4 heteroatoms. The second kappa shape index (κ2) is 7.70. The highest BCUT2D eigenvalue weighted by atomic mass is 35.5. The van der Waals surface area contributed by atoms with E-state index in [1.54, 1.807) is 12.3 Å². The summed E-state index contributed by atoms with van der Waals surface area (Å²) in [5.41, 5.74) is 0.877. The Balaban J connectivity index is 2.77. The number of hydrogen-bond acceptors (Lipinski definition) is 2. The molecule has 0 bridgehead atoms. The van der Waals surface area contributed by atoms with E-state index >= 15 is 0 Å². The van der Waals surface area contributed by atoms with Gasteiger partial charge < -0.3 is 5.32 Å². The van der Waals surface area contributed by atoms with Gasteiger partial charge in [-0.25, -0.2) is 0 Å². The number of halogens is 2. The van der Waals surface area contributed by atoms with Crippen LogP contribution in [0.25, 0.3) is 0 Å². The summed E-state index contributed by atoms with van der Waals surface area (Å²) in [6, 6.07) is 1.92. The fraction of sp³-hybridized carbons (Fsp3) is 0.462. The van der Waals surface area contributed by atoms with E-state index in [9.17, 15) is 0 Å². The van der Waals surface area contributed by atoms with Gasteiger partial charge in [-0.3, -0.25) is 4.98 Å². The lowest BCUT2D eigenvalue weighted by Gasteiger charge is -2.18. The molecule has 0 amide bonds. The van der Waals surface area contributed by atoms with Gasteiger partial charge in [0, 0.05) is 6.20 Å². The molecule has 17 heavy (non-hydrogen) atoms. The SMILES string of the molecule is C=CCCCC(NCC)c1ncc(Cl)cc1Cl. The van der Waals surface area contributed by atoms with Crippen molar-refractivity contribution in [3.8, 4) is 0 Å². The summed E-state index contributed by atoms with van der Waals surface area (Å²) in [5, 5.41) is 4.59. The molecule has 2 nitrogen and oxygen atoms in total. The van der Waals surface area contributed by atoms with Crippen molar-refractivity contribution in [2.24, 2.45) is 0 Å². The van der Waals surface area contributed by atoms with Crippen molar-refractivity contribution in [2.75, 3.05) is 6.54 Å². The molecular weight excluding hydrogens is 255 g/mol. The zero-order valence-electron chi connectivity index (χ0n) is 10.0. The lowest BCUT2D eigenvalue weighted by Crippen LogP contribution is -2.22. The summed E-state index contributed by atoms with van der Waals surface area (Å²) in [5.74, 6) is 0. The van der Waals surface area contributed by atoms with Crippen LogP contribution in [0.4, 0.5) is 0 Å².